The van der Waals surface area contributed by atoms with Gasteiger partial charge in [0.1, 0.15) is 12.4 Å². The van der Waals surface area contributed by atoms with Gasteiger partial charge in [-0.15, -0.1) is 0 Å². The third-order valence-electron chi connectivity index (χ3n) is 5.33. The third-order valence-corrected chi connectivity index (χ3v) is 5.33. The Hall–Kier alpha value is -3.40. The summed E-state index contributed by atoms with van der Waals surface area (Å²) in [6.45, 7) is 4.26. The molecule has 1 N–H and O–H groups in total. The van der Waals surface area contributed by atoms with Crippen LogP contribution in [0.25, 0.3) is 11.1 Å². The molecule has 33 heavy (non-hydrogen) atoms. The van der Waals surface area contributed by atoms with Crippen LogP contribution in [0.3, 0.4) is 0 Å². The number of hydroxylamine groups is 1. The van der Waals surface area contributed by atoms with Crippen LogP contribution >= 0.6 is 0 Å². The van der Waals surface area contributed by atoms with Gasteiger partial charge in [-0.3, -0.25) is 14.8 Å². The molecule has 3 aromatic rings. The second-order valence-corrected chi connectivity index (χ2v) is 7.52. The van der Waals surface area contributed by atoms with Crippen LogP contribution in [0.1, 0.15) is 5.56 Å². The Kier molecular flexibility index (Phi) is 7.91. The number of aromatic amines is 1. The molecule has 0 atom stereocenters. The van der Waals surface area contributed by atoms with E-state index in [9.17, 15) is 4.79 Å². The van der Waals surface area contributed by atoms with E-state index in [-0.39, 0.29) is 6.61 Å². The van der Waals surface area contributed by atoms with Crippen LogP contribution in [0, 0.1) is 0 Å². The van der Waals surface area contributed by atoms with Gasteiger partial charge in [0, 0.05) is 31.4 Å². The number of aromatic nitrogens is 2. The van der Waals surface area contributed by atoms with Gasteiger partial charge < -0.3 is 14.2 Å². The fourth-order valence-corrected chi connectivity index (χ4v) is 3.48. The minimum Gasteiger partial charge on any atom is -0.497 e. The molecule has 174 valence electrons. The summed E-state index contributed by atoms with van der Waals surface area (Å²) in [4.78, 5) is 21.1. The van der Waals surface area contributed by atoms with Gasteiger partial charge in [-0.2, -0.15) is 10.2 Å². The number of hydrogen-bond donors (Lipinski definition) is 1. The molecule has 2 aromatic carbocycles. The Bertz CT molecular complexity index is 1000. The first-order valence-corrected chi connectivity index (χ1v) is 10.8. The summed E-state index contributed by atoms with van der Waals surface area (Å²) in [5.74, 6) is 0.706. The maximum atomic E-state index is 13.0. The second-order valence-electron chi connectivity index (χ2n) is 7.52. The highest BCUT2D eigenvalue weighted by molar-refractivity contribution is 5.85. The summed E-state index contributed by atoms with van der Waals surface area (Å²) in [6.07, 6.45) is 2.97. The van der Waals surface area contributed by atoms with E-state index in [1.165, 1.54) is 5.06 Å². The van der Waals surface area contributed by atoms with Gasteiger partial charge in [-0.25, -0.2) is 4.79 Å². The lowest BCUT2D eigenvalue weighted by molar-refractivity contribution is 0.0144. The van der Waals surface area contributed by atoms with Crippen LogP contribution in [0.2, 0.25) is 0 Å². The zero-order chi connectivity index (χ0) is 22.9. The number of methoxy groups -OCH3 is 1. The van der Waals surface area contributed by atoms with E-state index in [0.717, 1.165) is 29.8 Å². The van der Waals surface area contributed by atoms with Crippen molar-refractivity contribution in [3.63, 3.8) is 0 Å². The molecule has 4 rings (SSSR count). The first-order valence-electron chi connectivity index (χ1n) is 10.8. The Morgan fingerprint density at radius 1 is 1.15 bits per heavy atom. The van der Waals surface area contributed by atoms with Crippen LogP contribution in [0.4, 0.5) is 10.5 Å². The fourth-order valence-electron chi connectivity index (χ4n) is 3.48. The summed E-state index contributed by atoms with van der Waals surface area (Å²) >= 11 is 0. The highest BCUT2D eigenvalue weighted by Gasteiger charge is 2.20. The van der Waals surface area contributed by atoms with Crippen molar-refractivity contribution < 1.29 is 23.8 Å². The Labute approximate surface area is 192 Å². The molecule has 1 aromatic heterocycles. The largest absolute Gasteiger partial charge is 0.497 e. The van der Waals surface area contributed by atoms with E-state index < -0.39 is 6.09 Å². The van der Waals surface area contributed by atoms with Gasteiger partial charge in [0.15, 0.2) is 0 Å². The molecule has 0 radical (unpaired) electrons. The van der Waals surface area contributed by atoms with Gasteiger partial charge in [0.05, 0.1) is 38.8 Å². The zero-order valence-corrected chi connectivity index (χ0v) is 18.6. The quantitative estimate of drug-likeness (QED) is 0.497. The highest BCUT2D eigenvalue weighted by atomic mass is 16.7. The number of anilines is 1. The Morgan fingerprint density at radius 2 is 1.97 bits per heavy atom. The van der Waals surface area contributed by atoms with E-state index in [1.807, 2.05) is 54.7 Å². The predicted octanol–water partition coefficient (Wildman–Crippen LogP) is 3.49. The summed E-state index contributed by atoms with van der Waals surface area (Å²) in [7, 11) is 1.60. The summed E-state index contributed by atoms with van der Waals surface area (Å²) < 4.78 is 16.2. The lowest BCUT2D eigenvalue weighted by Gasteiger charge is -2.28. The molecule has 1 saturated heterocycles. The molecule has 1 fully saturated rings. The normalized spacial score (nSPS) is 14.1. The molecule has 0 spiro atoms. The fraction of sp³-hybridized carbons (Fsp3) is 0.333. The number of morpholine rings is 1. The van der Waals surface area contributed by atoms with Crippen LogP contribution in [0.5, 0.6) is 5.75 Å². The SMILES string of the molecule is COc1cccc(COC(=O)N(OCCN2CCOCC2)c2ccc(-c3cn[nH]c3)cc2)c1. The van der Waals surface area contributed by atoms with E-state index in [1.54, 1.807) is 13.3 Å². The molecule has 0 unspecified atom stereocenters. The minimum atomic E-state index is -0.587. The van der Waals surface area contributed by atoms with Gasteiger partial charge in [-0.05, 0) is 35.4 Å². The van der Waals surface area contributed by atoms with Gasteiger partial charge in [-0.1, -0.05) is 24.3 Å². The summed E-state index contributed by atoms with van der Waals surface area (Å²) in [5.41, 5.74) is 3.35. The summed E-state index contributed by atoms with van der Waals surface area (Å²) in [6, 6.07) is 14.9. The molecular weight excluding hydrogens is 424 g/mol. The van der Waals surface area contributed by atoms with Crippen LogP contribution < -0.4 is 9.80 Å². The zero-order valence-electron chi connectivity index (χ0n) is 18.6. The molecule has 1 aliphatic rings. The molecule has 9 nitrogen and oxygen atoms in total. The maximum absolute atomic E-state index is 13.0. The average molecular weight is 453 g/mol. The minimum absolute atomic E-state index is 0.104. The highest BCUT2D eigenvalue weighted by Crippen LogP contribution is 2.23. The number of amides is 1. The number of hydrogen-bond acceptors (Lipinski definition) is 7. The van der Waals surface area contributed by atoms with Crippen LogP contribution in [0.15, 0.2) is 60.9 Å². The first-order chi connectivity index (χ1) is 16.2. The number of nitrogens with zero attached hydrogens (tertiary/aromatic N) is 3. The third kappa shape index (κ3) is 6.32. The number of carbonyl (C=O) groups is 1. The number of H-pyrrole nitrogens is 1. The van der Waals surface area contributed by atoms with Crippen LogP contribution in [-0.4, -0.2) is 67.8 Å². The number of rotatable bonds is 9. The Balaban J connectivity index is 1.43. The molecule has 2 heterocycles. The van der Waals surface area contributed by atoms with Gasteiger partial charge >= 0.3 is 6.09 Å². The Morgan fingerprint density at radius 3 is 2.70 bits per heavy atom. The molecule has 0 bridgehead atoms. The van der Waals surface area contributed by atoms with Crippen molar-refractivity contribution in [1.29, 1.82) is 0 Å². The van der Waals surface area contributed by atoms with E-state index in [2.05, 4.69) is 15.1 Å². The second kappa shape index (κ2) is 11.5. The number of benzene rings is 2. The van der Waals surface area contributed by atoms with Crippen molar-refractivity contribution in [2.45, 2.75) is 6.61 Å². The maximum Gasteiger partial charge on any atom is 0.439 e. The standard InChI is InChI=1S/C24H28N4O5/c1-30-23-4-2-3-19(15-23)18-32-24(29)28(33-14-11-27-9-12-31-13-10-27)22-7-5-20(6-8-22)21-16-25-26-17-21/h2-8,15-17H,9-14,18H2,1H3,(H,25,26). The molecule has 0 saturated carbocycles. The van der Waals surface area contributed by atoms with Crippen molar-refractivity contribution in [3.05, 3.63) is 66.5 Å². The number of carbonyl (C=O) groups excluding carboxylic acids is 1. The lowest BCUT2D eigenvalue weighted by atomic mass is 10.1. The molecule has 9 heteroatoms. The first kappa shape index (κ1) is 22.8. The van der Waals surface area contributed by atoms with Crippen molar-refractivity contribution in [3.8, 4) is 16.9 Å². The smallest absolute Gasteiger partial charge is 0.439 e. The van der Waals surface area contributed by atoms with Crippen LogP contribution in [-0.2, 0) is 20.9 Å². The average Bonchev–Trinajstić information content (AvgIpc) is 3.41. The van der Waals surface area contributed by atoms with E-state index >= 15 is 0 Å². The molecule has 1 aliphatic heterocycles. The predicted molar refractivity (Wildman–Crippen MR) is 123 cm³/mol. The molecular formula is C24H28N4O5. The van der Waals surface area contributed by atoms with Crippen molar-refractivity contribution in [2.24, 2.45) is 0 Å². The summed E-state index contributed by atoms with van der Waals surface area (Å²) in [5, 5.41) is 7.99. The monoisotopic (exact) mass is 452 g/mol. The van der Waals surface area contributed by atoms with Gasteiger partial charge in [0.25, 0.3) is 0 Å². The number of nitrogens with one attached hydrogen (secondary N) is 1. The van der Waals surface area contributed by atoms with E-state index in [4.69, 9.17) is 19.0 Å². The number of ether oxygens (including phenoxy) is 3. The van der Waals surface area contributed by atoms with Crippen molar-refractivity contribution in [1.82, 2.24) is 15.1 Å². The van der Waals surface area contributed by atoms with Crippen molar-refractivity contribution in [2.75, 3.05) is 51.6 Å². The topological polar surface area (TPSA) is 89.2 Å². The molecule has 1 amide bonds. The van der Waals surface area contributed by atoms with Gasteiger partial charge in [0.2, 0.25) is 0 Å². The van der Waals surface area contributed by atoms with E-state index in [0.29, 0.717) is 37.8 Å². The van der Waals surface area contributed by atoms with Crippen molar-refractivity contribution >= 4 is 11.8 Å². The molecule has 0 aliphatic carbocycles. The lowest BCUT2D eigenvalue weighted by Crippen LogP contribution is -2.40.